The van der Waals surface area contributed by atoms with Crippen molar-refractivity contribution in [3.63, 3.8) is 0 Å². The highest BCUT2D eigenvalue weighted by Crippen LogP contribution is 2.44. The Labute approximate surface area is 144 Å². The third-order valence-electron chi connectivity index (χ3n) is 4.17. The van der Waals surface area contributed by atoms with Crippen molar-refractivity contribution in [1.82, 2.24) is 9.97 Å². The molecule has 1 saturated carbocycles. The van der Waals surface area contributed by atoms with Crippen molar-refractivity contribution < 1.29 is 8.42 Å². The maximum atomic E-state index is 12.6. The second-order valence-corrected chi connectivity index (χ2v) is 9.16. The number of hydrogen-bond donors (Lipinski definition) is 1. The molecule has 1 aromatic carbocycles. The van der Waals surface area contributed by atoms with Gasteiger partial charge in [0.2, 0.25) is 0 Å². The number of hydrogen-bond acceptors (Lipinski definition) is 5. The first-order chi connectivity index (χ1) is 11.4. The average Bonchev–Trinajstić information content (AvgIpc) is 3.25. The van der Waals surface area contributed by atoms with E-state index < -0.39 is 10.0 Å². The van der Waals surface area contributed by atoms with Crippen molar-refractivity contribution in [2.75, 3.05) is 4.72 Å². The van der Waals surface area contributed by atoms with E-state index in [2.05, 4.69) is 14.7 Å². The van der Waals surface area contributed by atoms with Crippen LogP contribution in [0.1, 0.15) is 35.0 Å². The summed E-state index contributed by atoms with van der Waals surface area (Å²) in [5.74, 6) is 0.557. The molecule has 0 bridgehead atoms. The molecular formula is C17H17N3O2S2. The number of aromatic nitrogens is 2. The second kappa shape index (κ2) is 5.53. The average molecular weight is 359 g/mol. The predicted molar refractivity (Wildman–Crippen MR) is 96.1 cm³/mol. The topological polar surface area (TPSA) is 72.0 Å². The summed E-state index contributed by atoms with van der Waals surface area (Å²) in [7, 11) is -3.56. The fourth-order valence-electron chi connectivity index (χ4n) is 2.57. The number of anilines is 1. The summed E-state index contributed by atoms with van der Waals surface area (Å²) in [5, 5.41) is 0. The molecule has 7 heteroatoms. The lowest BCUT2D eigenvalue weighted by molar-refractivity contribution is 0.603. The van der Waals surface area contributed by atoms with Crippen molar-refractivity contribution in [1.29, 1.82) is 0 Å². The van der Waals surface area contributed by atoms with Crippen molar-refractivity contribution in [2.45, 2.75) is 36.8 Å². The van der Waals surface area contributed by atoms with E-state index in [1.165, 1.54) is 11.3 Å². The van der Waals surface area contributed by atoms with E-state index in [1.807, 2.05) is 19.9 Å². The van der Waals surface area contributed by atoms with Gasteiger partial charge in [-0.2, -0.15) is 0 Å². The number of thiophene rings is 1. The predicted octanol–water partition coefficient (Wildman–Crippen LogP) is 3.99. The van der Waals surface area contributed by atoms with Crippen LogP contribution in [0.5, 0.6) is 0 Å². The highest BCUT2D eigenvalue weighted by atomic mass is 32.2. The van der Waals surface area contributed by atoms with Gasteiger partial charge in [-0.05, 0) is 62.9 Å². The lowest BCUT2D eigenvalue weighted by atomic mass is 10.2. The Kier molecular flexibility index (Phi) is 3.58. The standard InChI is InChI=1S/C17H17N3O2S2/c1-10-11(2)19-15-9-13(5-6-14(15)18-10)20-24(21,22)17-8-7-16(23-17)12-3-4-12/h5-9,12,20H,3-4H2,1-2H3. The number of nitrogens with one attached hydrogen (secondary N) is 1. The molecule has 5 nitrogen and oxygen atoms in total. The van der Waals surface area contributed by atoms with Crippen LogP contribution in [0.25, 0.3) is 11.0 Å². The minimum atomic E-state index is -3.56. The Hall–Kier alpha value is -1.99. The number of benzene rings is 1. The van der Waals surface area contributed by atoms with E-state index in [1.54, 1.807) is 24.3 Å². The van der Waals surface area contributed by atoms with Crippen molar-refractivity contribution in [3.8, 4) is 0 Å². The van der Waals surface area contributed by atoms with Crippen LogP contribution in [0, 0.1) is 13.8 Å². The Morgan fingerprint density at radius 1 is 1.04 bits per heavy atom. The van der Waals surface area contributed by atoms with Crippen LogP contribution >= 0.6 is 11.3 Å². The summed E-state index contributed by atoms with van der Waals surface area (Å²) in [6, 6.07) is 8.85. The molecule has 0 unspecified atom stereocenters. The molecule has 1 fully saturated rings. The molecule has 4 rings (SSSR count). The van der Waals surface area contributed by atoms with Gasteiger partial charge in [0.25, 0.3) is 10.0 Å². The molecule has 2 aromatic heterocycles. The van der Waals surface area contributed by atoms with E-state index in [0.717, 1.165) is 34.6 Å². The van der Waals surface area contributed by atoms with Crippen LogP contribution < -0.4 is 4.72 Å². The highest BCUT2D eigenvalue weighted by molar-refractivity contribution is 7.94. The quantitative estimate of drug-likeness (QED) is 0.764. The zero-order valence-corrected chi connectivity index (χ0v) is 15.0. The fourth-order valence-corrected chi connectivity index (χ4v) is 5.11. The van der Waals surface area contributed by atoms with Crippen LogP contribution in [-0.2, 0) is 10.0 Å². The summed E-state index contributed by atoms with van der Waals surface area (Å²) in [6.07, 6.45) is 2.32. The van der Waals surface area contributed by atoms with Crippen LogP contribution in [0.4, 0.5) is 5.69 Å². The SMILES string of the molecule is Cc1nc2ccc(NS(=O)(=O)c3ccc(C4CC4)s3)cc2nc1C. The molecule has 1 aliphatic rings. The summed E-state index contributed by atoms with van der Waals surface area (Å²) < 4.78 is 28.2. The third-order valence-corrected chi connectivity index (χ3v) is 7.30. The molecular weight excluding hydrogens is 342 g/mol. The Morgan fingerprint density at radius 3 is 2.46 bits per heavy atom. The van der Waals surface area contributed by atoms with Crippen LogP contribution in [-0.4, -0.2) is 18.4 Å². The number of nitrogens with zero attached hydrogens (tertiary/aromatic N) is 2. The molecule has 2 heterocycles. The lowest BCUT2D eigenvalue weighted by Crippen LogP contribution is -2.11. The smallest absolute Gasteiger partial charge is 0.271 e. The third kappa shape index (κ3) is 2.89. The Bertz CT molecular complexity index is 1040. The van der Waals surface area contributed by atoms with Gasteiger partial charge >= 0.3 is 0 Å². The van der Waals surface area contributed by atoms with Gasteiger partial charge in [0.05, 0.1) is 28.1 Å². The summed E-state index contributed by atoms with van der Waals surface area (Å²) in [4.78, 5) is 10.1. The molecule has 1 N–H and O–H groups in total. The number of fused-ring (bicyclic) bond motifs is 1. The van der Waals surface area contributed by atoms with Gasteiger partial charge in [-0.15, -0.1) is 11.3 Å². The Morgan fingerprint density at radius 2 is 1.75 bits per heavy atom. The van der Waals surface area contributed by atoms with Crippen LogP contribution in [0.3, 0.4) is 0 Å². The van der Waals surface area contributed by atoms with Crippen molar-refractivity contribution >= 4 is 38.1 Å². The first-order valence-electron chi connectivity index (χ1n) is 7.80. The van der Waals surface area contributed by atoms with Gasteiger partial charge in [0, 0.05) is 4.88 Å². The molecule has 124 valence electrons. The maximum absolute atomic E-state index is 12.6. The van der Waals surface area contributed by atoms with Gasteiger partial charge in [0.1, 0.15) is 4.21 Å². The van der Waals surface area contributed by atoms with Gasteiger partial charge in [0.15, 0.2) is 0 Å². The highest BCUT2D eigenvalue weighted by Gasteiger charge is 2.27. The van der Waals surface area contributed by atoms with Crippen LogP contribution in [0.2, 0.25) is 0 Å². The van der Waals surface area contributed by atoms with Gasteiger partial charge in [-0.3, -0.25) is 4.72 Å². The van der Waals surface area contributed by atoms with Crippen LogP contribution in [0.15, 0.2) is 34.5 Å². The van der Waals surface area contributed by atoms with E-state index in [9.17, 15) is 8.42 Å². The largest absolute Gasteiger partial charge is 0.279 e. The lowest BCUT2D eigenvalue weighted by Gasteiger charge is -2.08. The van der Waals surface area contributed by atoms with E-state index in [-0.39, 0.29) is 0 Å². The molecule has 24 heavy (non-hydrogen) atoms. The molecule has 0 amide bonds. The van der Waals surface area contributed by atoms with Gasteiger partial charge in [-0.25, -0.2) is 18.4 Å². The van der Waals surface area contributed by atoms with E-state index in [0.29, 0.717) is 21.3 Å². The zero-order chi connectivity index (χ0) is 16.9. The van der Waals surface area contributed by atoms with Gasteiger partial charge < -0.3 is 0 Å². The maximum Gasteiger partial charge on any atom is 0.271 e. The normalized spacial score (nSPS) is 14.9. The summed E-state index contributed by atoms with van der Waals surface area (Å²) in [5.41, 5.74) is 3.66. The first kappa shape index (κ1) is 15.5. The fraction of sp³-hybridized carbons (Fsp3) is 0.294. The molecule has 0 aliphatic heterocycles. The number of rotatable bonds is 4. The molecule has 0 saturated heterocycles. The molecule has 0 spiro atoms. The monoisotopic (exact) mass is 359 g/mol. The summed E-state index contributed by atoms with van der Waals surface area (Å²) in [6.45, 7) is 3.80. The van der Waals surface area contributed by atoms with Crippen molar-refractivity contribution in [2.24, 2.45) is 0 Å². The minimum absolute atomic E-state index is 0.357. The Balaban J connectivity index is 1.65. The molecule has 0 atom stereocenters. The van der Waals surface area contributed by atoms with E-state index in [4.69, 9.17) is 0 Å². The van der Waals surface area contributed by atoms with E-state index >= 15 is 0 Å². The molecule has 1 aliphatic carbocycles. The van der Waals surface area contributed by atoms with Gasteiger partial charge in [-0.1, -0.05) is 0 Å². The number of aryl methyl sites for hydroxylation is 2. The first-order valence-corrected chi connectivity index (χ1v) is 10.1. The summed E-state index contributed by atoms with van der Waals surface area (Å²) >= 11 is 1.36. The second-order valence-electron chi connectivity index (χ2n) is 6.13. The van der Waals surface area contributed by atoms with Crippen molar-refractivity contribution in [3.05, 3.63) is 46.6 Å². The minimum Gasteiger partial charge on any atom is -0.279 e. The number of sulfonamides is 1. The zero-order valence-electron chi connectivity index (χ0n) is 13.4. The molecule has 0 radical (unpaired) electrons. The molecule has 3 aromatic rings.